The molecule has 0 amide bonds. The molecule has 0 aromatic heterocycles. The van der Waals surface area contributed by atoms with Crippen molar-refractivity contribution < 1.29 is 8.42 Å². The van der Waals surface area contributed by atoms with Crippen LogP contribution in [0.1, 0.15) is 0 Å². The van der Waals surface area contributed by atoms with Gasteiger partial charge in [-0.15, -0.1) is 0 Å². The van der Waals surface area contributed by atoms with E-state index in [4.69, 9.17) is 16.7 Å². The fraction of sp³-hybridized carbons (Fsp3) is 0. The van der Waals surface area contributed by atoms with Crippen molar-refractivity contribution in [3.63, 3.8) is 0 Å². The van der Waals surface area contributed by atoms with E-state index >= 15 is 0 Å². The molecule has 0 saturated carbocycles. The Balaban J connectivity index is 3.47. The molecular weight excluding hydrogens is 392 g/mol. The molecule has 0 spiro atoms. The Morgan fingerprint density at radius 1 is 1.46 bits per heavy atom. The maximum Gasteiger partial charge on any atom is 0.238 e. The lowest BCUT2D eigenvalue weighted by Crippen LogP contribution is -2.12. The maximum atomic E-state index is 10.9. The SMILES string of the molecule is NS(=O)(=O)c1cc(Cl)c(Br)c(I)c1. The first-order chi connectivity index (χ1) is 5.82. The second kappa shape index (κ2) is 4.01. The molecular formula is C6H4BrClINO2S. The molecule has 7 heteroatoms. The molecule has 72 valence electrons. The molecule has 0 atom stereocenters. The van der Waals surface area contributed by atoms with Crippen LogP contribution in [0.3, 0.4) is 0 Å². The Hall–Kier alpha value is 0.630. The van der Waals surface area contributed by atoms with E-state index in [-0.39, 0.29) is 4.90 Å². The summed E-state index contributed by atoms with van der Waals surface area (Å²) in [5, 5.41) is 5.27. The van der Waals surface area contributed by atoms with Gasteiger partial charge in [0.25, 0.3) is 0 Å². The number of primary sulfonamides is 1. The van der Waals surface area contributed by atoms with Gasteiger partial charge in [-0.3, -0.25) is 0 Å². The Bertz CT molecular complexity index is 425. The van der Waals surface area contributed by atoms with Gasteiger partial charge in [0.05, 0.1) is 9.92 Å². The van der Waals surface area contributed by atoms with Crippen molar-refractivity contribution >= 4 is 60.1 Å². The van der Waals surface area contributed by atoms with E-state index in [1.165, 1.54) is 12.1 Å². The van der Waals surface area contributed by atoms with Gasteiger partial charge in [-0.05, 0) is 50.7 Å². The van der Waals surface area contributed by atoms with Gasteiger partial charge in [0.2, 0.25) is 10.0 Å². The Morgan fingerprint density at radius 3 is 2.38 bits per heavy atom. The minimum absolute atomic E-state index is 0.0186. The summed E-state index contributed by atoms with van der Waals surface area (Å²) in [6.45, 7) is 0. The molecule has 0 radical (unpaired) electrons. The highest BCUT2D eigenvalue weighted by Gasteiger charge is 2.12. The summed E-state index contributed by atoms with van der Waals surface area (Å²) in [7, 11) is -3.67. The van der Waals surface area contributed by atoms with E-state index in [1.54, 1.807) is 0 Å². The van der Waals surface area contributed by atoms with Crippen LogP contribution in [0.4, 0.5) is 0 Å². The molecule has 1 aromatic carbocycles. The number of benzene rings is 1. The number of halogens is 3. The topological polar surface area (TPSA) is 60.2 Å². The average Bonchev–Trinajstić information content (AvgIpc) is 1.97. The fourth-order valence-corrected chi connectivity index (χ4v) is 2.77. The van der Waals surface area contributed by atoms with Gasteiger partial charge >= 0.3 is 0 Å². The highest BCUT2D eigenvalue weighted by molar-refractivity contribution is 14.1. The van der Waals surface area contributed by atoms with Crippen LogP contribution in [0.2, 0.25) is 5.02 Å². The minimum atomic E-state index is -3.67. The van der Waals surface area contributed by atoms with Crippen LogP contribution in [0.25, 0.3) is 0 Å². The van der Waals surface area contributed by atoms with Crippen LogP contribution in [0.15, 0.2) is 21.5 Å². The van der Waals surface area contributed by atoms with Crippen LogP contribution < -0.4 is 5.14 Å². The predicted molar refractivity (Wildman–Crippen MR) is 63.2 cm³/mol. The van der Waals surface area contributed by atoms with Crippen molar-refractivity contribution in [2.45, 2.75) is 4.90 Å². The largest absolute Gasteiger partial charge is 0.238 e. The number of hydrogen-bond acceptors (Lipinski definition) is 2. The first-order valence-electron chi connectivity index (χ1n) is 2.99. The zero-order valence-corrected chi connectivity index (χ0v) is 11.4. The summed E-state index contributed by atoms with van der Waals surface area (Å²) in [6.07, 6.45) is 0. The average molecular weight is 396 g/mol. The molecule has 0 heterocycles. The first kappa shape index (κ1) is 11.7. The molecule has 3 nitrogen and oxygen atoms in total. The van der Waals surface area contributed by atoms with E-state index in [1.807, 2.05) is 22.6 Å². The second-order valence-corrected chi connectivity index (χ2v) is 6.17. The second-order valence-electron chi connectivity index (χ2n) is 2.25. The van der Waals surface area contributed by atoms with Crippen molar-refractivity contribution in [3.8, 4) is 0 Å². The van der Waals surface area contributed by atoms with Gasteiger partial charge in [-0.2, -0.15) is 0 Å². The Morgan fingerprint density at radius 2 is 2.00 bits per heavy atom. The summed E-state index contributed by atoms with van der Waals surface area (Å²) in [5.41, 5.74) is 0. The van der Waals surface area contributed by atoms with Crippen molar-refractivity contribution in [3.05, 3.63) is 25.2 Å². The molecule has 1 aromatic rings. The van der Waals surface area contributed by atoms with Gasteiger partial charge in [-0.25, -0.2) is 13.6 Å². The monoisotopic (exact) mass is 395 g/mol. The first-order valence-corrected chi connectivity index (χ1v) is 6.79. The summed E-state index contributed by atoms with van der Waals surface area (Å²) >= 11 is 10.9. The van der Waals surface area contributed by atoms with Crippen LogP contribution in [0, 0.1) is 3.57 Å². The normalized spacial score (nSPS) is 11.7. The standard InChI is InChI=1S/C6H4BrClINO2S/c7-6-4(8)1-3(2-5(6)9)13(10,11)12/h1-2H,(H2,10,11,12). The Labute approximate surface area is 103 Å². The third kappa shape index (κ3) is 2.79. The summed E-state index contributed by atoms with van der Waals surface area (Å²) in [4.78, 5) is 0.0186. The van der Waals surface area contributed by atoms with Crippen molar-refractivity contribution in [2.24, 2.45) is 5.14 Å². The molecule has 1 rings (SSSR count). The summed E-state index contributed by atoms with van der Waals surface area (Å²) in [6, 6.07) is 2.76. The van der Waals surface area contributed by atoms with E-state index in [0.29, 0.717) is 13.1 Å². The van der Waals surface area contributed by atoms with E-state index in [0.717, 1.165) is 0 Å². The zero-order valence-electron chi connectivity index (χ0n) is 6.09. The molecule has 0 unspecified atom stereocenters. The van der Waals surface area contributed by atoms with Crippen LogP contribution in [-0.4, -0.2) is 8.42 Å². The number of nitrogens with two attached hydrogens (primary N) is 1. The number of hydrogen-bond donors (Lipinski definition) is 1. The van der Waals surface area contributed by atoms with Crippen LogP contribution >= 0.6 is 50.1 Å². The molecule has 0 aliphatic heterocycles. The van der Waals surface area contributed by atoms with Crippen molar-refractivity contribution in [1.29, 1.82) is 0 Å². The van der Waals surface area contributed by atoms with E-state index in [9.17, 15) is 8.42 Å². The smallest absolute Gasteiger partial charge is 0.225 e. The third-order valence-corrected chi connectivity index (χ3v) is 5.15. The van der Waals surface area contributed by atoms with Gasteiger partial charge in [0.1, 0.15) is 0 Å². The fourth-order valence-electron chi connectivity index (χ4n) is 0.697. The molecule has 0 aliphatic rings. The number of rotatable bonds is 1. The lowest BCUT2D eigenvalue weighted by molar-refractivity contribution is 0.597. The van der Waals surface area contributed by atoms with Crippen molar-refractivity contribution in [1.82, 2.24) is 0 Å². The maximum absolute atomic E-state index is 10.9. The Kier molecular flexibility index (Phi) is 3.61. The van der Waals surface area contributed by atoms with Crippen molar-refractivity contribution in [2.75, 3.05) is 0 Å². The van der Waals surface area contributed by atoms with Gasteiger partial charge < -0.3 is 0 Å². The van der Waals surface area contributed by atoms with E-state index in [2.05, 4.69) is 15.9 Å². The molecule has 2 N–H and O–H groups in total. The molecule has 0 fully saturated rings. The van der Waals surface area contributed by atoms with Crippen LogP contribution in [-0.2, 0) is 10.0 Å². The molecule has 0 saturated heterocycles. The molecule has 0 aliphatic carbocycles. The number of sulfonamides is 1. The molecule has 0 bridgehead atoms. The minimum Gasteiger partial charge on any atom is -0.225 e. The van der Waals surface area contributed by atoms with Gasteiger partial charge in [-0.1, -0.05) is 11.6 Å². The quantitative estimate of drug-likeness (QED) is 0.585. The predicted octanol–water partition coefficient (Wildman–Crippen LogP) is 2.35. The summed E-state index contributed by atoms with van der Waals surface area (Å²) < 4.78 is 23.3. The van der Waals surface area contributed by atoms with Gasteiger partial charge in [0, 0.05) is 8.04 Å². The van der Waals surface area contributed by atoms with Crippen LogP contribution in [0.5, 0.6) is 0 Å². The molecule has 13 heavy (non-hydrogen) atoms. The highest BCUT2D eigenvalue weighted by Crippen LogP contribution is 2.30. The summed E-state index contributed by atoms with van der Waals surface area (Å²) in [5.74, 6) is 0. The lowest BCUT2D eigenvalue weighted by Gasteiger charge is -2.03. The highest BCUT2D eigenvalue weighted by atomic mass is 127. The van der Waals surface area contributed by atoms with Gasteiger partial charge in [0.15, 0.2) is 0 Å². The van der Waals surface area contributed by atoms with E-state index < -0.39 is 10.0 Å². The third-order valence-electron chi connectivity index (χ3n) is 1.29. The lowest BCUT2D eigenvalue weighted by atomic mass is 10.4. The zero-order chi connectivity index (χ0) is 10.2.